The molecule has 2 rings (SSSR count). The Labute approximate surface area is 107 Å². The molecule has 0 atom stereocenters. The van der Waals surface area contributed by atoms with E-state index in [1.807, 2.05) is 26.8 Å². The van der Waals surface area contributed by atoms with Gasteiger partial charge in [-0.25, -0.2) is 0 Å². The summed E-state index contributed by atoms with van der Waals surface area (Å²) in [6.07, 6.45) is 2.70. The number of aromatic nitrogens is 1. The van der Waals surface area contributed by atoms with Gasteiger partial charge in [0.1, 0.15) is 0 Å². The van der Waals surface area contributed by atoms with Crippen LogP contribution in [0.15, 0.2) is 6.07 Å². The van der Waals surface area contributed by atoms with E-state index in [0.29, 0.717) is 6.42 Å². The molecule has 1 heterocycles. The summed E-state index contributed by atoms with van der Waals surface area (Å²) in [6, 6.07) is 1.94. The van der Waals surface area contributed by atoms with Crippen LogP contribution >= 0.6 is 0 Å². The summed E-state index contributed by atoms with van der Waals surface area (Å²) in [6.45, 7) is 5.96. The van der Waals surface area contributed by atoms with E-state index < -0.39 is 0 Å². The fourth-order valence-electron chi connectivity index (χ4n) is 3.08. The Morgan fingerprint density at radius 3 is 2.72 bits per heavy atom. The van der Waals surface area contributed by atoms with E-state index in [-0.39, 0.29) is 23.7 Å². The molecule has 0 unspecified atom stereocenters. The molecule has 0 fully saturated rings. The number of hydrogen-bond acceptors (Lipinski definition) is 2. The van der Waals surface area contributed by atoms with E-state index in [4.69, 9.17) is 5.73 Å². The zero-order chi connectivity index (χ0) is 13.5. The van der Waals surface area contributed by atoms with Crippen LogP contribution in [0.1, 0.15) is 54.9 Å². The molecule has 4 nitrogen and oxygen atoms in total. The number of hydrogen-bond donors (Lipinski definition) is 1. The van der Waals surface area contributed by atoms with E-state index in [0.717, 1.165) is 29.8 Å². The first kappa shape index (κ1) is 12.9. The van der Waals surface area contributed by atoms with E-state index in [9.17, 15) is 9.59 Å². The van der Waals surface area contributed by atoms with Crippen LogP contribution in [0.5, 0.6) is 0 Å². The van der Waals surface area contributed by atoms with Crippen molar-refractivity contribution in [2.75, 3.05) is 0 Å². The molecule has 1 amide bonds. The average Bonchev–Trinajstić information content (AvgIpc) is 2.54. The molecular formula is C14H20N2O2. The van der Waals surface area contributed by atoms with E-state index in [1.54, 1.807) is 0 Å². The van der Waals surface area contributed by atoms with Crippen molar-refractivity contribution in [3.63, 3.8) is 0 Å². The van der Waals surface area contributed by atoms with Crippen molar-refractivity contribution in [3.8, 4) is 0 Å². The number of carbonyl (C=O) groups is 2. The maximum absolute atomic E-state index is 11.9. The first-order chi connectivity index (χ1) is 8.33. The van der Waals surface area contributed by atoms with Crippen molar-refractivity contribution >= 4 is 11.7 Å². The molecule has 0 spiro atoms. The SMILES string of the molecule is Cc1cc2c(n1C(C)(C)CC(N)=O)CCCC2=O. The van der Waals surface area contributed by atoms with Gasteiger partial charge in [0.25, 0.3) is 0 Å². The molecular weight excluding hydrogens is 228 g/mol. The lowest BCUT2D eigenvalue weighted by Crippen LogP contribution is -2.34. The second-order valence-corrected chi connectivity index (χ2v) is 5.71. The van der Waals surface area contributed by atoms with Crippen LogP contribution in [0.3, 0.4) is 0 Å². The van der Waals surface area contributed by atoms with Crippen LogP contribution in [0.4, 0.5) is 0 Å². The molecule has 2 N–H and O–H groups in total. The average molecular weight is 248 g/mol. The van der Waals surface area contributed by atoms with E-state index >= 15 is 0 Å². The molecule has 0 aromatic carbocycles. The number of fused-ring (bicyclic) bond motifs is 1. The Morgan fingerprint density at radius 2 is 2.11 bits per heavy atom. The number of Topliss-reactive ketones (excluding diaryl/α,β-unsaturated/α-hetero) is 1. The number of primary amides is 1. The molecule has 1 aliphatic rings. The van der Waals surface area contributed by atoms with Gasteiger partial charge < -0.3 is 10.3 Å². The van der Waals surface area contributed by atoms with E-state index in [1.165, 1.54) is 0 Å². The summed E-state index contributed by atoms with van der Waals surface area (Å²) in [5, 5.41) is 0. The highest BCUT2D eigenvalue weighted by Gasteiger charge is 2.31. The standard InChI is InChI=1S/C14H20N2O2/c1-9-7-10-11(5-4-6-12(10)17)16(9)14(2,3)8-13(15)18/h7H,4-6,8H2,1-3H3,(H2,15,18). The minimum Gasteiger partial charge on any atom is -0.370 e. The van der Waals surface area contributed by atoms with E-state index in [2.05, 4.69) is 4.57 Å². The van der Waals surface area contributed by atoms with Gasteiger partial charge in [-0.3, -0.25) is 9.59 Å². The number of nitrogens with two attached hydrogens (primary N) is 1. The van der Waals surface area contributed by atoms with Crippen molar-refractivity contribution in [2.24, 2.45) is 5.73 Å². The second kappa shape index (κ2) is 4.26. The van der Waals surface area contributed by atoms with Crippen molar-refractivity contribution in [2.45, 2.75) is 52.0 Å². The first-order valence-corrected chi connectivity index (χ1v) is 6.36. The zero-order valence-corrected chi connectivity index (χ0v) is 11.2. The van der Waals surface area contributed by atoms with Crippen molar-refractivity contribution in [3.05, 3.63) is 23.0 Å². The highest BCUT2D eigenvalue weighted by molar-refractivity contribution is 5.98. The van der Waals surface area contributed by atoms with Gasteiger partial charge in [0.05, 0.1) is 0 Å². The Bertz CT molecular complexity index is 512. The molecule has 4 heteroatoms. The van der Waals surface area contributed by atoms with Crippen LogP contribution in [-0.2, 0) is 16.8 Å². The van der Waals surface area contributed by atoms with Crippen LogP contribution < -0.4 is 5.73 Å². The van der Waals surface area contributed by atoms with Gasteiger partial charge in [0, 0.05) is 35.3 Å². The Morgan fingerprint density at radius 1 is 1.44 bits per heavy atom. The topological polar surface area (TPSA) is 65.1 Å². The summed E-state index contributed by atoms with van der Waals surface area (Å²) in [5.41, 5.74) is 7.87. The summed E-state index contributed by atoms with van der Waals surface area (Å²) < 4.78 is 2.12. The molecule has 0 saturated carbocycles. The van der Waals surface area contributed by atoms with Crippen molar-refractivity contribution in [1.82, 2.24) is 4.57 Å². The quantitative estimate of drug-likeness (QED) is 0.888. The Balaban J connectivity index is 2.51. The number of aryl methyl sites for hydroxylation is 1. The lowest BCUT2D eigenvalue weighted by Gasteiger charge is -2.31. The minimum absolute atomic E-state index is 0.216. The Kier molecular flexibility index (Phi) is 3.05. The highest BCUT2D eigenvalue weighted by atomic mass is 16.1. The smallest absolute Gasteiger partial charge is 0.219 e. The van der Waals surface area contributed by atoms with Crippen molar-refractivity contribution < 1.29 is 9.59 Å². The largest absolute Gasteiger partial charge is 0.370 e. The number of nitrogens with zero attached hydrogens (tertiary/aromatic N) is 1. The maximum atomic E-state index is 11.9. The molecule has 98 valence electrons. The highest BCUT2D eigenvalue weighted by Crippen LogP contribution is 2.32. The van der Waals surface area contributed by atoms with Crippen LogP contribution in [0.2, 0.25) is 0 Å². The predicted molar refractivity (Wildman–Crippen MR) is 69.6 cm³/mol. The molecule has 0 bridgehead atoms. The Hall–Kier alpha value is -1.58. The van der Waals surface area contributed by atoms with Crippen LogP contribution in [0, 0.1) is 6.92 Å². The monoisotopic (exact) mass is 248 g/mol. The zero-order valence-electron chi connectivity index (χ0n) is 11.2. The summed E-state index contributed by atoms with van der Waals surface area (Å²) in [7, 11) is 0. The first-order valence-electron chi connectivity index (χ1n) is 6.36. The third kappa shape index (κ3) is 2.07. The molecule has 1 aromatic heterocycles. The number of carbonyl (C=O) groups excluding carboxylic acids is 2. The van der Waals surface area contributed by atoms with Gasteiger partial charge in [-0.15, -0.1) is 0 Å². The third-order valence-corrected chi connectivity index (χ3v) is 3.62. The second-order valence-electron chi connectivity index (χ2n) is 5.71. The van der Waals surface area contributed by atoms with Crippen molar-refractivity contribution in [1.29, 1.82) is 0 Å². The van der Waals surface area contributed by atoms with Gasteiger partial charge in [0.2, 0.25) is 5.91 Å². The normalized spacial score (nSPS) is 15.6. The van der Waals surface area contributed by atoms with Crippen LogP contribution in [0.25, 0.3) is 0 Å². The molecule has 0 radical (unpaired) electrons. The number of amides is 1. The lowest BCUT2D eigenvalue weighted by molar-refractivity contribution is -0.119. The molecule has 0 saturated heterocycles. The minimum atomic E-state index is -0.374. The van der Waals surface area contributed by atoms with Gasteiger partial charge in [-0.1, -0.05) is 0 Å². The third-order valence-electron chi connectivity index (χ3n) is 3.62. The number of rotatable bonds is 3. The predicted octanol–water partition coefficient (Wildman–Crippen LogP) is 1.93. The molecule has 1 aliphatic carbocycles. The fourth-order valence-corrected chi connectivity index (χ4v) is 3.08. The molecule has 0 aliphatic heterocycles. The van der Waals surface area contributed by atoms with Gasteiger partial charge in [-0.2, -0.15) is 0 Å². The van der Waals surface area contributed by atoms with Gasteiger partial charge >= 0.3 is 0 Å². The molecule has 1 aromatic rings. The number of ketones is 1. The lowest BCUT2D eigenvalue weighted by atomic mass is 9.94. The van der Waals surface area contributed by atoms with Gasteiger partial charge in [-0.05, 0) is 39.7 Å². The summed E-state index contributed by atoms with van der Waals surface area (Å²) in [5.74, 6) is -0.100. The van der Waals surface area contributed by atoms with Crippen LogP contribution in [-0.4, -0.2) is 16.3 Å². The fraction of sp³-hybridized carbons (Fsp3) is 0.571. The van der Waals surface area contributed by atoms with Gasteiger partial charge in [0.15, 0.2) is 5.78 Å². The maximum Gasteiger partial charge on any atom is 0.219 e. The summed E-state index contributed by atoms with van der Waals surface area (Å²) in [4.78, 5) is 23.1. The molecule has 18 heavy (non-hydrogen) atoms. The summed E-state index contributed by atoms with van der Waals surface area (Å²) >= 11 is 0.